The van der Waals surface area contributed by atoms with Gasteiger partial charge in [0.1, 0.15) is 12.0 Å². The molecule has 2 aliphatic heterocycles. The fourth-order valence-electron chi connectivity index (χ4n) is 10.3. The van der Waals surface area contributed by atoms with E-state index in [0.717, 1.165) is 30.2 Å². The normalized spacial score (nSPS) is 41.1. The van der Waals surface area contributed by atoms with Crippen molar-refractivity contribution in [1.82, 2.24) is 10.6 Å². The number of hydrogen-bond acceptors (Lipinski definition) is 4. The van der Waals surface area contributed by atoms with Crippen molar-refractivity contribution in [3.63, 3.8) is 0 Å². The highest BCUT2D eigenvalue weighted by molar-refractivity contribution is 5.92. The number of aliphatic imine (C=N–C) groups is 2. The van der Waals surface area contributed by atoms with Crippen molar-refractivity contribution in [2.24, 2.45) is 51.4 Å². The molecule has 0 aromatic rings. The monoisotopic (exact) mass is 578 g/mol. The highest BCUT2D eigenvalue weighted by Crippen LogP contribution is 2.52. The van der Waals surface area contributed by atoms with Gasteiger partial charge >= 0.3 is 0 Å². The molecule has 9 unspecified atom stereocenters. The van der Waals surface area contributed by atoms with E-state index in [0.29, 0.717) is 23.9 Å². The molecule has 0 radical (unpaired) electrons. The first-order valence-corrected chi connectivity index (χ1v) is 18.4. The summed E-state index contributed by atoms with van der Waals surface area (Å²) in [5.41, 5.74) is 6.48. The van der Waals surface area contributed by atoms with Crippen LogP contribution in [0.4, 0.5) is 0 Å². The van der Waals surface area contributed by atoms with E-state index >= 15 is 0 Å². The van der Waals surface area contributed by atoms with Crippen LogP contribution < -0.4 is 10.6 Å². The van der Waals surface area contributed by atoms with Gasteiger partial charge in [0.05, 0.1) is 6.17 Å². The maximum Gasteiger partial charge on any atom is 0.125 e. The van der Waals surface area contributed by atoms with Crippen LogP contribution >= 0.6 is 0 Å². The molecular formula is C39H54N4. The fourth-order valence-corrected chi connectivity index (χ4v) is 10.3. The van der Waals surface area contributed by atoms with E-state index in [1.165, 1.54) is 126 Å². The predicted molar refractivity (Wildman–Crippen MR) is 179 cm³/mol. The summed E-state index contributed by atoms with van der Waals surface area (Å²) in [5, 5.41) is 8.07. The van der Waals surface area contributed by atoms with E-state index in [9.17, 15) is 0 Å². The first kappa shape index (κ1) is 28.3. The van der Waals surface area contributed by atoms with Crippen molar-refractivity contribution >= 4 is 11.5 Å². The Hall–Kier alpha value is -2.20. The molecule has 9 atom stereocenters. The Morgan fingerprint density at radius 1 is 0.837 bits per heavy atom. The molecule has 2 N–H and O–H groups in total. The Bertz CT molecular complexity index is 1260. The van der Waals surface area contributed by atoms with Crippen LogP contribution in [0.1, 0.15) is 109 Å². The molecule has 1 saturated carbocycles. The Morgan fingerprint density at radius 3 is 2.65 bits per heavy atom. The van der Waals surface area contributed by atoms with Gasteiger partial charge in [-0.3, -0.25) is 10.3 Å². The lowest BCUT2D eigenvalue weighted by Gasteiger charge is -2.47. The SMILES string of the molecule is C1=CC2C(C=C(C3=CC(C4=NC(C5=CCCCC5)NC(C5CC=CCC5)N4)CC(C4=NCCC4)C3)C3CCCCC32)CC1. The molecule has 6 aliphatic carbocycles. The van der Waals surface area contributed by atoms with Crippen LogP contribution in [0.3, 0.4) is 0 Å². The third-order valence-electron chi connectivity index (χ3n) is 12.5. The van der Waals surface area contributed by atoms with Crippen LogP contribution in [-0.4, -0.2) is 30.4 Å². The number of amidine groups is 1. The molecule has 2 heterocycles. The Balaban J connectivity index is 1.16. The van der Waals surface area contributed by atoms with Gasteiger partial charge in [0.15, 0.2) is 0 Å². The third-order valence-corrected chi connectivity index (χ3v) is 12.5. The average molecular weight is 579 g/mol. The predicted octanol–water partition coefficient (Wildman–Crippen LogP) is 8.60. The molecular weight excluding hydrogens is 524 g/mol. The first-order chi connectivity index (χ1) is 21.3. The summed E-state index contributed by atoms with van der Waals surface area (Å²) in [4.78, 5) is 10.7. The van der Waals surface area contributed by atoms with E-state index in [-0.39, 0.29) is 6.17 Å². The highest BCUT2D eigenvalue weighted by Gasteiger charge is 2.43. The molecule has 0 aromatic carbocycles. The lowest BCUT2D eigenvalue weighted by molar-refractivity contribution is 0.158. The first-order valence-electron chi connectivity index (χ1n) is 18.4. The molecule has 0 saturated heterocycles. The summed E-state index contributed by atoms with van der Waals surface area (Å²) < 4.78 is 0. The van der Waals surface area contributed by atoms with E-state index in [2.05, 4.69) is 53.2 Å². The highest BCUT2D eigenvalue weighted by atomic mass is 15.3. The van der Waals surface area contributed by atoms with Crippen molar-refractivity contribution in [3.05, 3.63) is 59.3 Å². The maximum absolute atomic E-state index is 5.56. The smallest absolute Gasteiger partial charge is 0.125 e. The van der Waals surface area contributed by atoms with Crippen LogP contribution in [-0.2, 0) is 0 Å². The van der Waals surface area contributed by atoms with E-state index in [1.54, 1.807) is 11.1 Å². The van der Waals surface area contributed by atoms with Gasteiger partial charge in [-0.05, 0) is 143 Å². The zero-order valence-electron chi connectivity index (χ0n) is 26.4. The van der Waals surface area contributed by atoms with E-state index in [4.69, 9.17) is 9.98 Å². The van der Waals surface area contributed by atoms with Crippen LogP contribution in [0.25, 0.3) is 0 Å². The maximum atomic E-state index is 5.56. The molecule has 4 heteroatoms. The van der Waals surface area contributed by atoms with Crippen LogP contribution in [0.15, 0.2) is 69.2 Å². The van der Waals surface area contributed by atoms with E-state index < -0.39 is 0 Å². The zero-order valence-corrected chi connectivity index (χ0v) is 26.4. The number of fused-ring (bicyclic) bond motifs is 3. The molecule has 0 bridgehead atoms. The molecule has 230 valence electrons. The summed E-state index contributed by atoms with van der Waals surface area (Å²) in [6.07, 6.45) is 40.1. The van der Waals surface area contributed by atoms with Gasteiger partial charge in [-0.1, -0.05) is 55.4 Å². The lowest BCUT2D eigenvalue weighted by atomic mass is 9.58. The van der Waals surface area contributed by atoms with Crippen molar-refractivity contribution in [3.8, 4) is 0 Å². The second-order valence-electron chi connectivity index (χ2n) is 15.1. The fraction of sp³-hybridized carbons (Fsp3) is 0.692. The van der Waals surface area contributed by atoms with Crippen LogP contribution in [0, 0.1) is 41.4 Å². The number of allylic oxidation sites excluding steroid dienone is 8. The molecule has 0 amide bonds. The minimum absolute atomic E-state index is 0.139. The van der Waals surface area contributed by atoms with Crippen molar-refractivity contribution in [1.29, 1.82) is 0 Å². The largest absolute Gasteiger partial charge is 0.358 e. The lowest BCUT2D eigenvalue weighted by Crippen LogP contribution is -2.59. The van der Waals surface area contributed by atoms with Gasteiger partial charge in [0.2, 0.25) is 0 Å². The van der Waals surface area contributed by atoms with E-state index in [1.807, 2.05) is 0 Å². The summed E-state index contributed by atoms with van der Waals surface area (Å²) >= 11 is 0. The minimum Gasteiger partial charge on any atom is -0.358 e. The van der Waals surface area contributed by atoms with Gasteiger partial charge < -0.3 is 5.32 Å². The van der Waals surface area contributed by atoms with Gasteiger partial charge in [-0.15, -0.1) is 0 Å². The van der Waals surface area contributed by atoms with Gasteiger partial charge in [-0.25, -0.2) is 4.99 Å². The van der Waals surface area contributed by atoms with Gasteiger partial charge in [0.25, 0.3) is 0 Å². The number of nitrogens with zero attached hydrogens (tertiary/aromatic N) is 2. The van der Waals surface area contributed by atoms with Crippen LogP contribution in [0.5, 0.6) is 0 Å². The van der Waals surface area contributed by atoms with Crippen LogP contribution in [0.2, 0.25) is 0 Å². The van der Waals surface area contributed by atoms with Gasteiger partial charge in [0, 0.05) is 24.1 Å². The number of rotatable bonds is 5. The molecule has 0 aromatic heterocycles. The molecule has 1 fully saturated rings. The molecule has 8 aliphatic rings. The van der Waals surface area contributed by atoms with Crippen molar-refractivity contribution in [2.75, 3.05) is 6.54 Å². The summed E-state index contributed by atoms with van der Waals surface area (Å²) in [6.45, 7) is 1.04. The average Bonchev–Trinajstić information content (AvgIpc) is 3.64. The topological polar surface area (TPSA) is 48.8 Å². The quantitative estimate of drug-likeness (QED) is 0.321. The van der Waals surface area contributed by atoms with Gasteiger partial charge in [-0.2, -0.15) is 0 Å². The third kappa shape index (κ3) is 5.83. The molecule has 43 heavy (non-hydrogen) atoms. The van der Waals surface area contributed by atoms with Crippen molar-refractivity contribution in [2.45, 2.75) is 121 Å². The standard InChI is InChI=1S/C39H54N4/c1-3-12-26(13-4-1)37-41-38(27-14-5-2-6-15-27)43-39(42-37)31-23-29(22-30(24-31)36-20-11-21-40-36)35-25-28-16-7-8-17-32(28)33-18-9-10-19-34(33)35/h1,3,8,14,17,23,25-26,28,30-34,37-38,41H,2,4-7,9-13,15-16,18-22,24H2,(H,42,43). The number of nitrogens with one attached hydrogen (secondary N) is 2. The summed E-state index contributed by atoms with van der Waals surface area (Å²) in [7, 11) is 0. The summed E-state index contributed by atoms with van der Waals surface area (Å²) in [6, 6.07) is 0. The second-order valence-corrected chi connectivity index (χ2v) is 15.1. The minimum atomic E-state index is 0.139. The summed E-state index contributed by atoms with van der Waals surface area (Å²) in [5.74, 6) is 5.95. The Morgan fingerprint density at radius 2 is 1.79 bits per heavy atom. The van der Waals surface area contributed by atoms with Crippen molar-refractivity contribution < 1.29 is 0 Å². The Kier molecular flexibility index (Phi) is 8.33. The molecule has 8 rings (SSSR count). The number of hydrogen-bond donors (Lipinski definition) is 2. The molecule has 4 nitrogen and oxygen atoms in total. The Labute approximate surface area is 260 Å². The molecule has 0 spiro atoms. The zero-order chi connectivity index (χ0) is 28.6. The second kappa shape index (κ2) is 12.7.